The van der Waals surface area contributed by atoms with E-state index >= 15 is 0 Å². The van der Waals surface area contributed by atoms with Crippen molar-refractivity contribution in [2.45, 2.75) is 46.0 Å². The van der Waals surface area contributed by atoms with E-state index in [1.54, 1.807) is 25.1 Å². The summed E-state index contributed by atoms with van der Waals surface area (Å²) >= 11 is 0. The summed E-state index contributed by atoms with van der Waals surface area (Å²) in [6.07, 6.45) is 5.54. The van der Waals surface area contributed by atoms with E-state index in [1.165, 1.54) is 19.3 Å². The van der Waals surface area contributed by atoms with E-state index in [9.17, 15) is 9.18 Å². The van der Waals surface area contributed by atoms with Gasteiger partial charge in [-0.05, 0) is 30.9 Å². The molecule has 0 N–H and O–H groups in total. The second kappa shape index (κ2) is 7.25. The standard InChI is InChI=1S/C17H21FO3/c1-3-4-5-6-7-10-20-14-9-8-13-11-12(2)21-17(19)15(13)16(14)18/h8-9,11H,3-7,10H2,1-2H3. The Hall–Kier alpha value is -1.84. The lowest BCUT2D eigenvalue weighted by Gasteiger charge is -2.08. The summed E-state index contributed by atoms with van der Waals surface area (Å²) in [5.41, 5.74) is -0.657. The second-order valence-electron chi connectivity index (χ2n) is 5.25. The summed E-state index contributed by atoms with van der Waals surface area (Å²) < 4.78 is 24.7. The van der Waals surface area contributed by atoms with Crippen LogP contribution in [0.25, 0.3) is 10.8 Å². The van der Waals surface area contributed by atoms with Crippen molar-refractivity contribution in [2.24, 2.45) is 0 Å². The number of rotatable bonds is 7. The summed E-state index contributed by atoms with van der Waals surface area (Å²) in [4.78, 5) is 11.8. The molecule has 2 rings (SSSR count). The lowest BCUT2D eigenvalue weighted by Crippen LogP contribution is -2.06. The maximum Gasteiger partial charge on any atom is 0.346 e. The minimum Gasteiger partial charge on any atom is -0.490 e. The maximum atomic E-state index is 14.3. The lowest BCUT2D eigenvalue weighted by atomic mass is 10.1. The summed E-state index contributed by atoms with van der Waals surface area (Å²) in [7, 11) is 0. The number of aryl methyl sites for hydroxylation is 1. The Balaban J connectivity index is 2.08. The van der Waals surface area contributed by atoms with Crippen molar-refractivity contribution in [3.63, 3.8) is 0 Å². The molecule has 0 bridgehead atoms. The Morgan fingerprint density at radius 1 is 1.19 bits per heavy atom. The molecule has 0 saturated heterocycles. The Kier molecular flexibility index (Phi) is 5.37. The molecule has 0 fully saturated rings. The van der Waals surface area contributed by atoms with Crippen LogP contribution in [0.4, 0.5) is 4.39 Å². The molecule has 21 heavy (non-hydrogen) atoms. The van der Waals surface area contributed by atoms with Gasteiger partial charge in [-0.25, -0.2) is 9.18 Å². The third-order valence-electron chi connectivity index (χ3n) is 3.46. The zero-order chi connectivity index (χ0) is 15.2. The summed E-state index contributed by atoms with van der Waals surface area (Å²) in [5, 5.41) is 0.501. The number of benzene rings is 1. The Morgan fingerprint density at radius 3 is 2.71 bits per heavy atom. The van der Waals surface area contributed by atoms with E-state index in [2.05, 4.69) is 6.92 Å². The smallest absolute Gasteiger partial charge is 0.346 e. The van der Waals surface area contributed by atoms with Gasteiger partial charge in [0.1, 0.15) is 11.1 Å². The average Bonchev–Trinajstić information content (AvgIpc) is 2.44. The van der Waals surface area contributed by atoms with Gasteiger partial charge in [-0.2, -0.15) is 0 Å². The maximum absolute atomic E-state index is 14.3. The molecule has 0 atom stereocenters. The lowest BCUT2D eigenvalue weighted by molar-refractivity contribution is 0.291. The quantitative estimate of drug-likeness (QED) is 0.701. The summed E-state index contributed by atoms with van der Waals surface area (Å²) in [5.74, 6) is -0.0413. The number of ether oxygens (including phenoxy) is 1. The van der Waals surface area contributed by atoms with Gasteiger partial charge in [0.15, 0.2) is 11.6 Å². The molecular formula is C17H21FO3. The van der Waals surface area contributed by atoms with Gasteiger partial charge in [0.05, 0.1) is 6.61 Å². The van der Waals surface area contributed by atoms with Crippen molar-refractivity contribution in [1.82, 2.24) is 0 Å². The summed E-state index contributed by atoms with van der Waals surface area (Å²) in [6, 6.07) is 4.91. The molecule has 0 amide bonds. The van der Waals surface area contributed by atoms with Crippen molar-refractivity contribution in [3.8, 4) is 5.75 Å². The molecule has 114 valence electrons. The van der Waals surface area contributed by atoms with Crippen molar-refractivity contribution in [1.29, 1.82) is 0 Å². The monoisotopic (exact) mass is 292 g/mol. The van der Waals surface area contributed by atoms with Crippen LogP contribution in [0.5, 0.6) is 5.75 Å². The molecule has 0 radical (unpaired) electrons. The van der Waals surface area contributed by atoms with E-state index in [0.29, 0.717) is 17.8 Å². The first kappa shape index (κ1) is 15.5. The zero-order valence-corrected chi connectivity index (χ0v) is 12.6. The van der Waals surface area contributed by atoms with Gasteiger partial charge >= 0.3 is 5.63 Å². The Bertz CT molecular complexity index is 661. The van der Waals surface area contributed by atoms with Gasteiger partial charge < -0.3 is 9.15 Å². The minimum absolute atomic E-state index is 0.0379. The SMILES string of the molecule is CCCCCCCOc1ccc2cc(C)oc(=O)c2c1F. The van der Waals surface area contributed by atoms with Gasteiger partial charge in [-0.15, -0.1) is 0 Å². The van der Waals surface area contributed by atoms with Crippen LogP contribution in [-0.4, -0.2) is 6.61 Å². The van der Waals surface area contributed by atoms with Gasteiger partial charge in [0.2, 0.25) is 0 Å². The topological polar surface area (TPSA) is 39.4 Å². The fraction of sp³-hybridized carbons (Fsp3) is 0.471. The Morgan fingerprint density at radius 2 is 1.95 bits per heavy atom. The first-order chi connectivity index (χ1) is 10.1. The molecule has 0 aliphatic heterocycles. The first-order valence-corrected chi connectivity index (χ1v) is 7.49. The predicted octanol–water partition coefficient (Wildman–Crippen LogP) is 4.59. The predicted molar refractivity (Wildman–Crippen MR) is 81.4 cm³/mol. The van der Waals surface area contributed by atoms with Crippen LogP contribution in [-0.2, 0) is 0 Å². The van der Waals surface area contributed by atoms with Crippen LogP contribution < -0.4 is 10.4 Å². The van der Waals surface area contributed by atoms with Crippen molar-refractivity contribution < 1.29 is 13.5 Å². The molecule has 4 heteroatoms. The van der Waals surface area contributed by atoms with Crippen LogP contribution >= 0.6 is 0 Å². The van der Waals surface area contributed by atoms with Crippen LogP contribution in [0.1, 0.15) is 44.8 Å². The fourth-order valence-electron chi connectivity index (χ4n) is 2.34. The van der Waals surface area contributed by atoms with Crippen LogP contribution in [0.15, 0.2) is 27.4 Å². The highest BCUT2D eigenvalue weighted by Gasteiger charge is 2.13. The highest BCUT2D eigenvalue weighted by Crippen LogP contribution is 2.25. The number of hydrogen-bond acceptors (Lipinski definition) is 3. The number of hydrogen-bond donors (Lipinski definition) is 0. The van der Waals surface area contributed by atoms with E-state index in [4.69, 9.17) is 9.15 Å². The summed E-state index contributed by atoms with van der Waals surface area (Å²) in [6.45, 7) is 4.29. The van der Waals surface area contributed by atoms with Gasteiger partial charge in [0, 0.05) is 0 Å². The third-order valence-corrected chi connectivity index (χ3v) is 3.46. The van der Waals surface area contributed by atoms with Crippen molar-refractivity contribution in [3.05, 3.63) is 40.2 Å². The highest BCUT2D eigenvalue weighted by atomic mass is 19.1. The molecule has 0 saturated carbocycles. The fourth-order valence-corrected chi connectivity index (χ4v) is 2.34. The molecule has 2 aromatic rings. The largest absolute Gasteiger partial charge is 0.490 e. The molecule has 1 heterocycles. The minimum atomic E-state index is -0.657. The third kappa shape index (κ3) is 3.84. The number of halogens is 1. The highest BCUT2D eigenvalue weighted by molar-refractivity contribution is 5.83. The second-order valence-corrected chi connectivity index (χ2v) is 5.25. The number of fused-ring (bicyclic) bond motifs is 1. The van der Waals surface area contributed by atoms with E-state index in [1.807, 2.05) is 0 Å². The molecule has 1 aromatic heterocycles. The van der Waals surface area contributed by atoms with Crippen molar-refractivity contribution >= 4 is 10.8 Å². The molecule has 0 unspecified atom stereocenters. The molecular weight excluding hydrogens is 271 g/mol. The molecule has 1 aromatic carbocycles. The van der Waals surface area contributed by atoms with Gasteiger partial charge in [0.25, 0.3) is 0 Å². The van der Waals surface area contributed by atoms with E-state index in [0.717, 1.165) is 12.8 Å². The molecule has 3 nitrogen and oxygen atoms in total. The zero-order valence-electron chi connectivity index (χ0n) is 12.6. The van der Waals surface area contributed by atoms with Gasteiger partial charge in [-0.1, -0.05) is 38.7 Å². The van der Waals surface area contributed by atoms with E-state index < -0.39 is 11.4 Å². The number of unbranched alkanes of at least 4 members (excludes halogenated alkanes) is 4. The van der Waals surface area contributed by atoms with Crippen molar-refractivity contribution in [2.75, 3.05) is 6.61 Å². The Labute approximate surface area is 123 Å². The molecule has 0 spiro atoms. The first-order valence-electron chi connectivity index (χ1n) is 7.49. The van der Waals surface area contributed by atoms with Crippen LogP contribution in [0.3, 0.4) is 0 Å². The van der Waals surface area contributed by atoms with Gasteiger partial charge in [-0.3, -0.25) is 0 Å². The van der Waals surface area contributed by atoms with Crippen LogP contribution in [0, 0.1) is 12.7 Å². The van der Waals surface area contributed by atoms with E-state index in [-0.39, 0.29) is 11.1 Å². The molecule has 0 aliphatic rings. The normalized spacial score (nSPS) is 11.0. The molecule has 0 aliphatic carbocycles. The van der Waals surface area contributed by atoms with Crippen LogP contribution in [0.2, 0.25) is 0 Å². The average molecular weight is 292 g/mol.